The van der Waals surface area contributed by atoms with Crippen LogP contribution >= 0.6 is 0 Å². The molecule has 1 aromatic carbocycles. The summed E-state index contributed by atoms with van der Waals surface area (Å²) in [6, 6.07) is 6.99. The maximum Gasteiger partial charge on any atom is 0.373 e. The Morgan fingerprint density at radius 2 is 1.75 bits per heavy atom. The molecule has 0 saturated heterocycles. The van der Waals surface area contributed by atoms with Crippen molar-refractivity contribution in [3.05, 3.63) is 52.5 Å². The van der Waals surface area contributed by atoms with Crippen molar-refractivity contribution in [2.75, 3.05) is 13.7 Å². The topological polar surface area (TPSA) is 75.0 Å². The van der Waals surface area contributed by atoms with Gasteiger partial charge in [0.15, 0.2) is 6.61 Å². The third-order valence-corrected chi connectivity index (χ3v) is 3.36. The zero-order valence-electron chi connectivity index (χ0n) is 14.2. The van der Waals surface area contributed by atoms with Crippen molar-refractivity contribution in [2.45, 2.75) is 27.4 Å². The number of carbonyl (C=O) groups is 2. The van der Waals surface area contributed by atoms with Gasteiger partial charge in [0.2, 0.25) is 5.76 Å². The van der Waals surface area contributed by atoms with Gasteiger partial charge in [0, 0.05) is 0 Å². The largest absolute Gasteiger partial charge is 0.481 e. The van der Waals surface area contributed by atoms with Crippen LogP contribution in [0.1, 0.15) is 33.0 Å². The molecule has 0 fully saturated rings. The van der Waals surface area contributed by atoms with Crippen LogP contribution in [0, 0.1) is 20.8 Å². The molecule has 1 heterocycles. The first kappa shape index (κ1) is 17.6. The molecular formula is C18H20O6. The smallest absolute Gasteiger partial charge is 0.373 e. The molecule has 6 heteroatoms. The van der Waals surface area contributed by atoms with E-state index in [0.717, 1.165) is 16.7 Å². The molecule has 2 rings (SSSR count). The number of hydrogen-bond donors (Lipinski definition) is 0. The first-order valence-corrected chi connectivity index (χ1v) is 7.44. The highest BCUT2D eigenvalue weighted by Gasteiger charge is 2.13. The van der Waals surface area contributed by atoms with Gasteiger partial charge in [-0.25, -0.2) is 9.59 Å². The van der Waals surface area contributed by atoms with Crippen LogP contribution < -0.4 is 4.74 Å². The number of methoxy groups -OCH3 is 1. The Bertz CT molecular complexity index is 721. The summed E-state index contributed by atoms with van der Waals surface area (Å²) in [5.41, 5.74) is 3.07. The Kier molecular flexibility index (Phi) is 5.63. The van der Waals surface area contributed by atoms with Crippen LogP contribution in [-0.2, 0) is 20.9 Å². The van der Waals surface area contributed by atoms with Crippen LogP contribution in [0.3, 0.4) is 0 Å². The van der Waals surface area contributed by atoms with Crippen molar-refractivity contribution >= 4 is 11.9 Å². The van der Waals surface area contributed by atoms with E-state index in [1.54, 1.807) is 6.07 Å². The molecule has 2 aromatic rings. The van der Waals surface area contributed by atoms with Crippen LogP contribution in [0.25, 0.3) is 0 Å². The van der Waals surface area contributed by atoms with Crippen molar-refractivity contribution < 1.29 is 28.2 Å². The second kappa shape index (κ2) is 7.68. The number of benzene rings is 1. The van der Waals surface area contributed by atoms with Crippen molar-refractivity contribution in [1.82, 2.24) is 0 Å². The van der Waals surface area contributed by atoms with Gasteiger partial charge >= 0.3 is 11.9 Å². The van der Waals surface area contributed by atoms with E-state index in [9.17, 15) is 9.59 Å². The first-order chi connectivity index (χ1) is 11.4. The monoisotopic (exact) mass is 332 g/mol. The second-order valence-corrected chi connectivity index (χ2v) is 5.43. The molecule has 6 nitrogen and oxygen atoms in total. The summed E-state index contributed by atoms with van der Waals surface area (Å²) in [7, 11) is 1.26. The van der Waals surface area contributed by atoms with Gasteiger partial charge < -0.3 is 18.6 Å². The lowest BCUT2D eigenvalue weighted by Crippen LogP contribution is -2.15. The number of furan rings is 1. The highest BCUT2D eigenvalue weighted by Crippen LogP contribution is 2.24. The van der Waals surface area contributed by atoms with E-state index >= 15 is 0 Å². The van der Waals surface area contributed by atoms with Crippen LogP contribution in [0.15, 0.2) is 28.7 Å². The quantitative estimate of drug-likeness (QED) is 0.757. The molecule has 0 bridgehead atoms. The van der Waals surface area contributed by atoms with E-state index in [0.29, 0.717) is 11.5 Å². The van der Waals surface area contributed by atoms with E-state index in [1.807, 2.05) is 32.9 Å². The Morgan fingerprint density at radius 1 is 1.08 bits per heavy atom. The zero-order chi connectivity index (χ0) is 17.7. The molecule has 0 spiro atoms. The Labute approximate surface area is 140 Å². The standard InChI is InChI=1S/C18H20O6/c1-11-7-12(2)17(13(3)8-11)23-10-16(19)22-9-14-5-6-15(24-14)18(20)21-4/h5-8H,9-10H2,1-4H3. The highest BCUT2D eigenvalue weighted by molar-refractivity contribution is 5.86. The van der Waals surface area contributed by atoms with E-state index in [-0.39, 0.29) is 19.0 Å². The number of hydrogen-bond acceptors (Lipinski definition) is 6. The Hall–Kier alpha value is -2.76. The van der Waals surface area contributed by atoms with Gasteiger partial charge in [-0.15, -0.1) is 0 Å². The molecule has 0 aliphatic rings. The van der Waals surface area contributed by atoms with Gasteiger partial charge in [-0.3, -0.25) is 0 Å². The summed E-state index contributed by atoms with van der Waals surface area (Å²) in [4.78, 5) is 23.1. The Balaban J connectivity index is 1.86. The lowest BCUT2D eigenvalue weighted by Gasteiger charge is -2.12. The zero-order valence-corrected chi connectivity index (χ0v) is 14.2. The molecule has 0 unspecified atom stereocenters. The maximum atomic E-state index is 11.8. The molecular weight excluding hydrogens is 312 g/mol. The summed E-state index contributed by atoms with van der Waals surface area (Å²) in [6.45, 7) is 5.58. The fourth-order valence-corrected chi connectivity index (χ4v) is 2.38. The van der Waals surface area contributed by atoms with Crippen LogP contribution in [0.2, 0.25) is 0 Å². The lowest BCUT2D eigenvalue weighted by molar-refractivity contribution is -0.147. The number of aryl methyl sites for hydroxylation is 3. The maximum absolute atomic E-state index is 11.8. The number of carbonyl (C=O) groups excluding carboxylic acids is 2. The molecule has 1 aromatic heterocycles. The minimum atomic E-state index is -0.582. The molecule has 24 heavy (non-hydrogen) atoms. The molecule has 0 radical (unpaired) electrons. The number of ether oxygens (including phenoxy) is 3. The van der Waals surface area contributed by atoms with Gasteiger partial charge in [0.05, 0.1) is 7.11 Å². The van der Waals surface area contributed by atoms with Crippen LogP contribution in [0.4, 0.5) is 0 Å². The van der Waals surface area contributed by atoms with Crippen molar-refractivity contribution in [2.24, 2.45) is 0 Å². The molecule has 0 amide bonds. The lowest BCUT2D eigenvalue weighted by atomic mass is 10.1. The predicted molar refractivity (Wildman–Crippen MR) is 86.0 cm³/mol. The van der Waals surface area contributed by atoms with E-state index in [1.165, 1.54) is 13.2 Å². The predicted octanol–water partition coefficient (Wildman–Crippen LogP) is 3.11. The number of rotatable bonds is 6. The van der Waals surface area contributed by atoms with Crippen LogP contribution in [-0.4, -0.2) is 25.7 Å². The van der Waals surface area contributed by atoms with Crippen molar-refractivity contribution in [3.8, 4) is 5.75 Å². The fourth-order valence-electron chi connectivity index (χ4n) is 2.38. The molecule has 0 N–H and O–H groups in total. The fraction of sp³-hybridized carbons (Fsp3) is 0.333. The molecule has 0 saturated carbocycles. The molecule has 0 aliphatic heterocycles. The van der Waals surface area contributed by atoms with Gasteiger partial charge in [0.25, 0.3) is 0 Å². The average Bonchev–Trinajstić information content (AvgIpc) is 3.00. The van der Waals surface area contributed by atoms with E-state index < -0.39 is 11.9 Å². The minimum absolute atomic E-state index is 0.0608. The van der Waals surface area contributed by atoms with Gasteiger partial charge in [0.1, 0.15) is 18.1 Å². The Morgan fingerprint density at radius 3 is 2.38 bits per heavy atom. The summed E-state index contributed by atoms with van der Waals surface area (Å²) < 4.78 is 20.4. The first-order valence-electron chi connectivity index (χ1n) is 7.44. The summed E-state index contributed by atoms with van der Waals surface area (Å²) in [5, 5.41) is 0. The van der Waals surface area contributed by atoms with E-state index in [4.69, 9.17) is 13.9 Å². The third-order valence-electron chi connectivity index (χ3n) is 3.36. The van der Waals surface area contributed by atoms with Crippen molar-refractivity contribution in [3.63, 3.8) is 0 Å². The van der Waals surface area contributed by atoms with E-state index in [2.05, 4.69) is 4.74 Å². The SMILES string of the molecule is COC(=O)c1ccc(COC(=O)COc2c(C)cc(C)cc2C)o1. The normalized spacial score (nSPS) is 10.3. The molecule has 0 atom stereocenters. The minimum Gasteiger partial charge on any atom is -0.481 e. The van der Waals surface area contributed by atoms with Crippen LogP contribution in [0.5, 0.6) is 5.75 Å². The van der Waals surface area contributed by atoms with Crippen molar-refractivity contribution in [1.29, 1.82) is 0 Å². The summed E-state index contributed by atoms with van der Waals surface area (Å²) in [6.07, 6.45) is 0. The highest BCUT2D eigenvalue weighted by atomic mass is 16.6. The van der Waals surface area contributed by atoms with Gasteiger partial charge in [-0.2, -0.15) is 0 Å². The van der Waals surface area contributed by atoms with Gasteiger partial charge in [-0.05, 0) is 44.0 Å². The third kappa shape index (κ3) is 4.38. The van der Waals surface area contributed by atoms with Gasteiger partial charge in [-0.1, -0.05) is 17.7 Å². The summed E-state index contributed by atoms with van der Waals surface area (Å²) >= 11 is 0. The average molecular weight is 332 g/mol. The second-order valence-electron chi connectivity index (χ2n) is 5.43. The molecule has 0 aliphatic carbocycles. The molecule has 128 valence electrons. The number of esters is 2. The summed E-state index contributed by atoms with van der Waals surface area (Å²) in [5.74, 6) is -0.00713.